The van der Waals surface area contributed by atoms with Gasteiger partial charge in [0.05, 0.1) is 79.3 Å². The third-order valence-corrected chi connectivity index (χ3v) is 6.02. The van der Waals surface area contributed by atoms with Crippen LogP contribution in [-0.2, 0) is 47.5 Å². The Morgan fingerprint density at radius 3 is 1.35 bits per heavy atom. The Kier molecular flexibility index (Phi) is 26.6. The van der Waals surface area contributed by atoms with Gasteiger partial charge in [0.2, 0.25) is 0 Å². The quantitative estimate of drug-likeness (QED) is 0.0519. The van der Waals surface area contributed by atoms with Crippen LogP contribution in [0.15, 0.2) is 30.3 Å². The molecular formula is C32H52O11. The second kappa shape index (κ2) is 29.7. The van der Waals surface area contributed by atoms with Gasteiger partial charge in [-0.1, -0.05) is 75.8 Å². The first-order valence-electron chi connectivity index (χ1n) is 15.5. The molecule has 11 heteroatoms. The van der Waals surface area contributed by atoms with Crippen LogP contribution in [0.25, 0.3) is 0 Å². The minimum Gasteiger partial charge on any atom is -0.463 e. The summed E-state index contributed by atoms with van der Waals surface area (Å²) in [6.07, 6.45) is 8.73. The maximum atomic E-state index is 11.9. The summed E-state index contributed by atoms with van der Waals surface area (Å²) < 4.78 is 42.5. The van der Waals surface area contributed by atoms with Crippen LogP contribution in [0.5, 0.6) is 0 Å². The van der Waals surface area contributed by atoms with Gasteiger partial charge in [-0.2, -0.15) is 0 Å². The first-order valence-corrected chi connectivity index (χ1v) is 15.5. The fraction of sp³-hybridized carbons (Fsp3) is 0.719. The molecule has 1 aromatic rings. The molecule has 1 aromatic carbocycles. The van der Waals surface area contributed by atoms with Crippen molar-refractivity contribution < 1.29 is 52.3 Å². The lowest BCUT2D eigenvalue weighted by Gasteiger charge is -2.09. The molecule has 0 aromatic heterocycles. The fourth-order valence-corrected chi connectivity index (χ4v) is 3.68. The van der Waals surface area contributed by atoms with E-state index in [-0.39, 0.29) is 25.8 Å². The van der Waals surface area contributed by atoms with Crippen LogP contribution in [-0.4, -0.2) is 110 Å². The summed E-state index contributed by atoms with van der Waals surface area (Å²) in [6, 6.07) is 8.25. The van der Waals surface area contributed by atoms with Crippen molar-refractivity contribution in [3.8, 4) is 0 Å². The number of ketones is 1. The molecular weight excluding hydrogens is 560 g/mol. The Morgan fingerprint density at radius 2 is 0.884 bits per heavy atom. The van der Waals surface area contributed by atoms with E-state index < -0.39 is 11.8 Å². The molecule has 0 spiro atoms. The maximum absolute atomic E-state index is 11.9. The van der Waals surface area contributed by atoms with Crippen LogP contribution in [0.1, 0.15) is 68.6 Å². The summed E-state index contributed by atoms with van der Waals surface area (Å²) in [5.41, 5.74) is 0.295. The van der Waals surface area contributed by atoms with Gasteiger partial charge in [-0.3, -0.25) is 9.59 Å². The van der Waals surface area contributed by atoms with E-state index in [4.69, 9.17) is 37.9 Å². The van der Waals surface area contributed by atoms with Crippen molar-refractivity contribution in [2.24, 2.45) is 0 Å². The van der Waals surface area contributed by atoms with Crippen molar-refractivity contribution >= 4 is 17.7 Å². The third-order valence-electron chi connectivity index (χ3n) is 6.02. The highest BCUT2D eigenvalue weighted by Crippen LogP contribution is 2.08. The van der Waals surface area contributed by atoms with E-state index in [2.05, 4.69) is 6.92 Å². The minimum atomic E-state index is -0.897. The van der Waals surface area contributed by atoms with Gasteiger partial charge in [0, 0.05) is 12.0 Å². The molecule has 0 fully saturated rings. The molecule has 0 unspecified atom stereocenters. The van der Waals surface area contributed by atoms with Crippen molar-refractivity contribution in [1.82, 2.24) is 0 Å². The summed E-state index contributed by atoms with van der Waals surface area (Å²) in [5.74, 6) is -1.72. The first kappa shape index (κ1) is 38.6. The zero-order chi connectivity index (χ0) is 31.1. The second-order valence-corrected chi connectivity index (χ2v) is 9.60. The van der Waals surface area contributed by atoms with Crippen molar-refractivity contribution in [3.05, 3.63) is 35.9 Å². The number of esters is 2. The lowest BCUT2D eigenvalue weighted by Crippen LogP contribution is -2.20. The van der Waals surface area contributed by atoms with Gasteiger partial charge in [0.1, 0.15) is 13.2 Å². The number of ether oxygens (including phenoxy) is 8. The van der Waals surface area contributed by atoms with Gasteiger partial charge in [-0.05, 0) is 6.42 Å². The van der Waals surface area contributed by atoms with E-state index >= 15 is 0 Å². The van der Waals surface area contributed by atoms with Crippen molar-refractivity contribution in [2.45, 2.75) is 58.3 Å². The highest BCUT2D eigenvalue weighted by atomic mass is 16.6. The molecule has 0 saturated heterocycles. The predicted octanol–water partition coefficient (Wildman–Crippen LogP) is 4.20. The van der Waals surface area contributed by atoms with E-state index in [1.165, 1.54) is 32.1 Å². The fourth-order valence-electron chi connectivity index (χ4n) is 3.68. The predicted molar refractivity (Wildman–Crippen MR) is 160 cm³/mol. The Morgan fingerprint density at radius 1 is 0.488 bits per heavy atom. The highest BCUT2D eigenvalue weighted by molar-refractivity contribution is 6.40. The molecule has 0 radical (unpaired) electrons. The minimum absolute atomic E-state index is 0.00257. The zero-order valence-electron chi connectivity index (χ0n) is 25.9. The normalized spacial score (nSPS) is 11.0. The molecule has 0 aliphatic carbocycles. The topological polar surface area (TPSA) is 125 Å². The highest BCUT2D eigenvalue weighted by Gasteiger charge is 2.17. The molecule has 0 aliphatic rings. The number of unbranched alkanes of at least 4 members (excludes halogenated alkanes) is 6. The average molecular weight is 613 g/mol. The van der Waals surface area contributed by atoms with E-state index in [1.54, 1.807) is 30.3 Å². The Bertz CT molecular complexity index is 804. The zero-order valence-corrected chi connectivity index (χ0v) is 25.9. The molecule has 0 aliphatic heterocycles. The SMILES string of the molecule is CCCCCCCCCC(=O)OCCOCCOCCOCCOCCOCCOCCOC(=O)C(=O)c1ccccc1. The van der Waals surface area contributed by atoms with Crippen LogP contribution in [0, 0.1) is 0 Å². The summed E-state index contributed by atoms with van der Waals surface area (Å²) in [6.45, 7) is 7.32. The van der Waals surface area contributed by atoms with Crippen LogP contribution in [0.3, 0.4) is 0 Å². The maximum Gasteiger partial charge on any atom is 0.379 e. The van der Waals surface area contributed by atoms with Gasteiger partial charge >= 0.3 is 11.9 Å². The molecule has 0 amide bonds. The summed E-state index contributed by atoms with van der Waals surface area (Å²) in [7, 11) is 0. The smallest absolute Gasteiger partial charge is 0.379 e. The summed E-state index contributed by atoms with van der Waals surface area (Å²) >= 11 is 0. The number of benzene rings is 1. The van der Waals surface area contributed by atoms with Crippen LogP contribution >= 0.6 is 0 Å². The molecule has 43 heavy (non-hydrogen) atoms. The number of hydrogen-bond acceptors (Lipinski definition) is 11. The Labute approximate surface area is 256 Å². The van der Waals surface area contributed by atoms with E-state index in [0.717, 1.165) is 12.8 Å². The van der Waals surface area contributed by atoms with Gasteiger partial charge < -0.3 is 37.9 Å². The van der Waals surface area contributed by atoms with E-state index in [9.17, 15) is 14.4 Å². The van der Waals surface area contributed by atoms with Gasteiger partial charge in [-0.15, -0.1) is 0 Å². The molecule has 0 saturated carbocycles. The Balaban J connectivity index is 1.72. The van der Waals surface area contributed by atoms with Crippen molar-refractivity contribution in [2.75, 3.05) is 92.5 Å². The van der Waals surface area contributed by atoms with Gasteiger partial charge in [0.15, 0.2) is 0 Å². The van der Waals surface area contributed by atoms with Gasteiger partial charge in [-0.25, -0.2) is 4.79 Å². The number of carbonyl (C=O) groups is 3. The van der Waals surface area contributed by atoms with Crippen molar-refractivity contribution in [1.29, 1.82) is 0 Å². The summed E-state index contributed by atoms with van der Waals surface area (Å²) in [4.78, 5) is 35.3. The average Bonchev–Trinajstić information content (AvgIpc) is 3.03. The third kappa shape index (κ3) is 24.7. The number of Topliss-reactive ketones (excluding diaryl/α,β-unsaturated/α-hetero) is 1. The molecule has 11 nitrogen and oxygen atoms in total. The van der Waals surface area contributed by atoms with Crippen LogP contribution < -0.4 is 0 Å². The molecule has 0 atom stereocenters. The van der Waals surface area contributed by atoms with Gasteiger partial charge in [0.25, 0.3) is 5.78 Å². The molecule has 246 valence electrons. The monoisotopic (exact) mass is 612 g/mol. The largest absolute Gasteiger partial charge is 0.463 e. The van der Waals surface area contributed by atoms with E-state index in [0.29, 0.717) is 84.7 Å². The molecule has 0 N–H and O–H groups in total. The number of rotatable bonds is 31. The second-order valence-electron chi connectivity index (χ2n) is 9.60. The summed E-state index contributed by atoms with van der Waals surface area (Å²) in [5, 5.41) is 0. The number of carbonyl (C=O) groups excluding carboxylic acids is 3. The Hall–Kier alpha value is -2.41. The molecule has 0 bridgehead atoms. The lowest BCUT2D eigenvalue weighted by molar-refractivity contribution is -0.145. The van der Waals surface area contributed by atoms with Crippen molar-refractivity contribution in [3.63, 3.8) is 0 Å². The van der Waals surface area contributed by atoms with Crippen LogP contribution in [0.4, 0.5) is 0 Å². The van der Waals surface area contributed by atoms with E-state index in [1.807, 2.05) is 0 Å². The molecule has 0 heterocycles. The number of hydrogen-bond donors (Lipinski definition) is 0. The lowest BCUT2D eigenvalue weighted by atomic mass is 10.1. The van der Waals surface area contributed by atoms with Crippen LogP contribution in [0.2, 0.25) is 0 Å². The first-order chi connectivity index (χ1) is 21.1. The molecule has 1 rings (SSSR count). The standard InChI is InChI=1S/C32H52O11/c1-2-3-4-5-6-7-11-14-30(33)42-27-25-40-23-21-38-19-17-36-15-16-37-18-20-39-22-24-41-26-28-43-32(35)31(34)29-12-9-8-10-13-29/h8-10,12-13H,2-7,11,14-28H2,1H3.